The van der Waals surface area contributed by atoms with Crippen LogP contribution >= 0.6 is 23.2 Å². The van der Waals surface area contributed by atoms with Gasteiger partial charge in [0.1, 0.15) is 5.75 Å². The summed E-state index contributed by atoms with van der Waals surface area (Å²) in [5.41, 5.74) is 2.69. The van der Waals surface area contributed by atoms with Gasteiger partial charge in [0.15, 0.2) is 10.3 Å². The number of rotatable bonds is 2. The lowest BCUT2D eigenvalue weighted by atomic mass is 9.79. The van der Waals surface area contributed by atoms with E-state index in [1.165, 1.54) is 0 Å². The molecule has 6 heteroatoms. The third-order valence-corrected chi connectivity index (χ3v) is 4.19. The van der Waals surface area contributed by atoms with Gasteiger partial charge in [-0.15, -0.1) is 10.2 Å². The Morgan fingerprint density at radius 2 is 1.38 bits per heavy atom. The maximum atomic E-state index is 10.8. The van der Waals surface area contributed by atoms with Gasteiger partial charge in [-0.2, -0.15) is 0 Å². The number of phenols is 1. The van der Waals surface area contributed by atoms with Crippen molar-refractivity contribution in [2.24, 2.45) is 0 Å². The lowest BCUT2D eigenvalue weighted by Crippen LogP contribution is -2.17. The molecule has 1 aromatic carbocycles. The predicted molar refractivity (Wildman–Crippen MR) is 101 cm³/mol. The molecular formula is C18H23Cl2N3O. The van der Waals surface area contributed by atoms with Crippen molar-refractivity contribution >= 4 is 34.6 Å². The highest BCUT2D eigenvalue weighted by Crippen LogP contribution is 2.41. The van der Waals surface area contributed by atoms with Gasteiger partial charge in [-0.25, -0.2) is 0 Å². The van der Waals surface area contributed by atoms with E-state index in [0.717, 1.165) is 16.8 Å². The molecule has 0 unspecified atom stereocenters. The molecule has 0 amide bonds. The molecule has 0 fully saturated rings. The number of nitrogens with one attached hydrogen (secondary N) is 1. The van der Waals surface area contributed by atoms with Crippen molar-refractivity contribution in [1.29, 1.82) is 0 Å². The molecule has 130 valence electrons. The van der Waals surface area contributed by atoms with E-state index in [1.54, 1.807) is 6.07 Å². The third kappa shape index (κ3) is 4.11. The Balaban J connectivity index is 2.60. The monoisotopic (exact) mass is 367 g/mol. The molecule has 0 aliphatic heterocycles. The largest absolute Gasteiger partial charge is 0.507 e. The summed E-state index contributed by atoms with van der Waals surface area (Å²) in [6.07, 6.45) is 0. The first-order valence-electron chi connectivity index (χ1n) is 7.73. The van der Waals surface area contributed by atoms with Crippen molar-refractivity contribution in [3.8, 4) is 5.75 Å². The van der Waals surface area contributed by atoms with Crippen molar-refractivity contribution in [1.82, 2.24) is 10.2 Å². The zero-order valence-corrected chi connectivity index (χ0v) is 16.3. The summed E-state index contributed by atoms with van der Waals surface area (Å²) in [4.78, 5) is 0. The summed E-state index contributed by atoms with van der Waals surface area (Å²) in [7, 11) is 0. The van der Waals surface area contributed by atoms with Crippen LogP contribution in [0.3, 0.4) is 0 Å². The molecule has 0 radical (unpaired) electrons. The molecule has 1 heterocycles. The number of benzene rings is 1. The van der Waals surface area contributed by atoms with Gasteiger partial charge in [0.2, 0.25) is 0 Å². The minimum absolute atomic E-state index is 0.209. The van der Waals surface area contributed by atoms with E-state index < -0.39 is 0 Å². The third-order valence-electron chi connectivity index (χ3n) is 3.72. The van der Waals surface area contributed by atoms with Gasteiger partial charge in [-0.05, 0) is 23.0 Å². The Morgan fingerprint density at radius 3 is 1.83 bits per heavy atom. The van der Waals surface area contributed by atoms with Crippen molar-refractivity contribution in [2.45, 2.75) is 52.4 Å². The second kappa shape index (κ2) is 6.41. The summed E-state index contributed by atoms with van der Waals surface area (Å²) in [5, 5.41) is 22.0. The zero-order chi connectivity index (χ0) is 18.3. The lowest BCUT2D eigenvalue weighted by molar-refractivity contribution is 0.423. The van der Waals surface area contributed by atoms with Gasteiger partial charge in [-0.1, -0.05) is 64.7 Å². The van der Waals surface area contributed by atoms with Crippen molar-refractivity contribution in [3.63, 3.8) is 0 Å². The van der Waals surface area contributed by atoms with E-state index in [9.17, 15) is 5.11 Å². The summed E-state index contributed by atoms with van der Waals surface area (Å²) in [6.45, 7) is 12.4. The van der Waals surface area contributed by atoms with Gasteiger partial charge in [0.25, 0.3) is 0 Å². The Hall–Kier alpha value is -1.52. The van der Waals surface area contributed by atoms with E-state index in [2.05, 4.69) is 57.1 Å². The fraction of sp³-hybridized carbons (Fsp3) is 0.444. The van der Waals surface area contributed by atoms with Crippen LogP contribution in [-0.2, 0) is 10.8 Å². The number of anilines is 2. The Morgan fingerprint density at radius 1 is 0.875 bits per heavy atom. The summed E-state index contributed by atoms with van der Waals surface area (Å²) in [6, 6.07) is 5.47. The van der Waals surface area contributed by atoms with Crippen molar-refractivity contribution < 1.29 is 5.11 Å². The van der Waals surface area contributed by atoms with E-state index in [0.29, 0.717) is 11.4 Å². The van der Waals surface area contributed by atoms with Crippen LogP contribution in [0.25, 0.3) is 0 Å². The van der Waals surface area contributed by atoms with Gasteiger partial charge >= 0.3 is 0 Å². The highest BCUT2D eigenvalue weighted by molar-refractivity contribution is 6.33. The Bertz CT molecular complexity index is 727. The molecule has 0 saturated carbocycles. The molecule has 1 aromatic heterocycles. The van der Waals surface area contributed by atoms with Crippen molar-refractivity contribution in [2.75, 3.05) is 5.32 Å². The zero-order valence-electron chi connectivity index (χ0n) is 14.8. The van der Waals surface area contributed by atoms with Crippen LogP contribution in [0.5, 0.6) is 5.75 Å². The second-order valence-corrected chi connectivity index (χ2v) is 8.66. The van der Waals surface area contributed by atoms with Crippen LogP contribution in [0.2, 0.25) is 10.3 Å². The van der Waals surface area contributed by atoms with E-state index in [1.807, 2.05) is 12.1 Å². The number of aromatic nitrogens is 2. The van der Waals surface area contributed by atoms with Crippen LogP contribution in [0.1, 0.15) is 52.7 Å². The van der Waals surface area contributed by atoms with Crippen molar-refractivity contribution in [3.05, 3.63) is 39.6 Å². The maximum absolute atomic E-state index is 10.8. The summed E-state index contributed by atoms with van der Waals surface area (Å²) < 4.78 is 0. The molecule has 0 bridgehead atoms. The van der Waals surface area contributed by atoms with Gasteiger partial charge < -0.3 is 10.4 Å². The molecular weight excluding hydrogens is 345 g/mol. The normalized spacial score (nSPS) is 12.3. The number of hydrogen-bond donors (Lipinski definition) is 2. The van der Waals surface area contributed by atoms with Gasteiger partial charge in [-0.3, -0.25) is 0 Å². The number of aromatic hydroxyl groups is 1. The quantitative estimate of drug-likeness (QED) is 0.655. The molecule has 0 saturated heterocycles. The molecule has 0 atom stereocenters. The van der Waals surface area contributed by atoms with E-state index in [4.69, 9.17) is 23.2 Å². The van der Waals surface area contributed by atoms with Crippen LogP contribution in [-0.4, -0.2) is 15.3 Å². The molecule has 4 nitrogen and oxygen atoms in total. The topological polar surface area (TPSA) is 58.0 Å². The number of phenolic OH excluding ortho intramolecular Hbond substituents is 1. The first-order valence-corrected chi connectivity index (χ1v) is 8.49. The average Bonchev–Trinajstić information content (AvgIpc) is 2.42. The Labute approximate surface area is 153 Å². The minimum Gasteiger partial charge on any atom is -0.507 e. The standard InChI is InChI=1S/C18H23Cl2N3O/c1-17(2,3)11-7-10(8-12(15(11)24)18(4,5)6)21-13-9-14(19)22-23-16(13)20/h7-9,24H,1-6H3,(H,21,22). The maximum Gasteiger partial charge on any atom is 0.175 e. The molecule has 2 rings (SSSR count). The first kappa shape index (κ1) is 18.8. The molecule has 2 N–H and O–H groups in total. The number of halogens is 2. The number of hydrogen-bond acceptors (Lipinski definition) is 4. The fourth-order valence-electron chi connectivity index (χ4n) is 2.45. The second-order valence-electron chi connectivity index (χ2n) is 7.92. The van der Waals surface area contributed by atoms with Gasteiger partial charge in [0.05, 0.1) is 5.69 Å². The Kier molecular flexibility index (Phi) is 5.03. The molecule has 0 spiro atoms. The van der Waals surface area contributed by atoms with E-state index >= 15 is 0 Å². The summed E-state index contributed by atoms with van der Waals surface area (Å²) in [5.74, 6) is 0.331. The lowest BCUT2D eigenvalue weighted by Gasteiger charge is -2.28. The molecule has 0 aliphatic rings. The molecule has 2 aromatic rings. The molecule has 24 heavy (non-hydrogen) atoms. The molecule has 0 aliphatic carbocycles. The fourth-order valence-corrected chi connectivity index (χ4v) is 2.73. The van der Waals surface area contributed by atoms with Crippen LogP contribution < -0.4 is 5.32 Å². The minimum atomic E-state index is -0.209. The van der Waals surface area contributed by atoms with Crippen LogP contribution in [0, 0.1) is 0 Å². The predicted octanol–water partition coefficient (Wildman–Crippen LogP) is 5.83. The first-order chi connectivity index (χ1) is 10.9. The number of nitrogens with zero attached hydrogens (tertiary/aromatic N) is 2. The summed E-state index contributed by atoms with van der Waals surface area (Å²) >= 11 is 12.0. The van der Waals surface area contributed by atoms with Crippen LogP contribution in [0.15, 0.2) is 18.2 Å². The average molecular weight is 368 g/mol. The smallest absolute Gasteiger partial charge is 0.175 e. The highest BCUT2D eigenvalue weighted by Gasteiger charge is 2.26. The van der Waals surface area contributed by atoms with Crippen LogP contribution in [0.4, 0.5) is 11.4 Å². The van der Waals surface area contributed by atoms with E-state index in [-0.39, 0.29) is 21.1 Å². The van der Waals surface area contributed by atoms with Gasteiger partial charge in [0, 0.05) is 22.9 Å². The highest BCUT2D eigenvalue weighted by atomic mass is 35.5. The SMILES string of the molecule is CC(C)(C)c1cc(Nc2cc(Cl)nnc2Cl)cc(C(C)(C)C)c1O.